The number of rotatable bonds is 24. The normalized spacial score (nSPS) is 12.0. The van der Waals surface area contributed by atoms with Gasteiger partial charge < -0.3 is 58.9 Å². The van der Waals surface area contributed by atoms with Gasteiger partial charge in [0.2, 0.25) is 47.3 Å². The van der Waals surface area contributed by atoms with Crippen molar-refractivity contribution in [1.29, 1.82) is 0 Å². The molecule has 0 radical (unpaired) electrons. The number of aliphatic carboxylic acids is 2. The Bertz CT molecular complexity index is 1770. The second-order valence-corrected chi connectivity index (χ2v) is 15.6. The number of carboxylic acids is 2. The van der Waals surface area contributed by atoms with Crippen LogP contribution in [0.3, 0.4) is 0 Å². The van der Waals surface area contributed by atoms with Crippen LogP contribution in [0.25, 0.3) is 0 Å². The molecule has 0 saturated heterocycles. The molecule has 13 N–H and O–H groups in total. The molecule has 0 spiro atoms. The van der Waals surface area contributed by atoms with Gasteiger partial charge in [-0.25, -0.2) is 0 Å². The van der Waals surface area contributed by atoms with Gasteiger partial charge in [-0.05, 0) is 25.3 Å². The molecule has 0 aliphatic heterocycles. The Morgan fingerprint density at radius 1 is 0.613 bits per heavy atom. The van der Waals surface area contributed by atoms with E-state index in [2.05, 4.69) is 69.0 Å². The number of amides is 8. The number of nitrogens with one attached hydrogen (secondary N) is 7. The predicted octanol–water partition coefficient (Wildman–Crippen LogP) is -2.12. The van der Waals surface area contributed by atoms with Crippen molar-refractivity contribution in [3.8, 4) is 0 Å². The van der Waals surface area contributed by atoms with E-state index in [1.165, 1.54) is 10.9 Å². The van der Waals surface area contributed by atoms with Crippen LogP contribution in [-0.2, 0) is 54.4 Å². The molecule has 0 heterocycles. The van der Waals surface area contributed by atoms with Gasteiger partial charge in [0.25, 0.3) is 0 Å². The number of carbonyl (C=O) groups excluding carboxylic acids is 8. The Morgan fingerprint density at radius 2 is 1.06 bits per heavy atom. The van der Waals surface area contributed by atoms with Crippen LogP contribution in [0.5, 0.6) is 0 Å². The van der Waals surface area contributed by atoms with Crippen LogP contribution >= 0.6 is 0 Å². The Hall–Kier alpha value is -6.38. The van der Waals surface area contributed by atoms with Gasteiger partial charge in [-0.1, -0.05) is 73.2 Å². The summed E-state index contributed by atoms with van der Waals surface area (Å²) in [5, 5.41) is 35.0. The molecule has 2 aromatic carbocycles. The Morgan fingerprint density at radius 3 is 1.50 bits per heavy atom. The van der Waals surface area contributed by atoms with Crippen molar-refractivity contribution in [2.45, 2.75) is 88.2 Å². The molecule has 4 atom stereocenters. The number of aryl methyl sites for hydroxylation is 1. The fraction of sp³-hybridized carbons (Fsp3) is 0.450. The average molecular weight is 937 g/mol. The molecule has 0 aliphatic rings. The van der Waals surface area contributed by atoms with Crippen molar-refractivity contribution in [3.05, 3.63) is 71.8 Å². The summed E-state index contributed by atoms with van der Waals surface area (Å²) < 4.78 is 0. The largest absolute Gasteiger partial charge is 0.0622 e. The molecule has 0 aromatic heterocycles. The van der Waals surface area contributed by atoms with Crippen LogP contribution in [0.4, 0.5) is 0 Å². The summed E-state index contributed by atoms with van der Waals surface area (Å²) in [7, 11) is 0. The number of carboxylic acid groups (broad SMARTS) is 2. The third kappa shape index (κ3) is 27.4. The number of hydrogen-bond donors (Lipinski definition) is 11. The summed E-state index contributed by atoms with van der Waals surface area (Å²) in [6.07, 6.45) is -1.28. The molecule has 8 amide bonds. The van der Waals surface area contributed by atoms with E-state index in [-0.39, 0.29) is 19.3 Å². The molecule has 0 bridgehead atoms. The van der Waals surface area contributed by atoms with E-state index in [0.29, 0.717) is 5.56 Å². The standard InChI is InChI=1S/C30H43N9O12.C7H8.C3H8Se/c1-2-17(31)28(49)39-18(8-9-25(44)45)29(50)35-13-22(41)33-12-21(40)34-14-23(42)38-20(10-16-6-4-3-5-7-16)30(51)36-15-24(43)37-19(27(32)48)11-26(46)47;1-7-5-3-2-4-6-7;1-3-4-2/h3-7,17-20H,2,8-15,31H2,1H3,(H2,32,48)(H,33,41)(H,34,40)(H,35,50)(H,36,51)(H,37,43)(H,38,42)(H,39,49)(H,44,45)(H,46,47);2-6H,1H3;3H2,1-2H3/t17?,18?,19-,20?;;/m0../s1. The molecule has 0 aliphatic carbocycles. The van der Waals surface area contributed by atoms with Crippen LogP contribution in [0.1, 0.15) is 50.7 Å². The van der Waals surface area contributed by atoms with E-state index >= 15 is 0 Å². The first kappa shape index (κ1) is 55.6. The van der Waals surface area contributed by atoms with Gasteiger partial charge in [0.05, 0.1) is 38.6 Å². The zero-order chi connectivity index (χ0) is 47.0. The summed E-state index contributed by atoms with van der Waals surface area (Å²) in [4.78, 5) is 120. The third-order valence-electron chi connectivity index (χ3n) is 8.02. The monoisotopic (exact) mass is 937 g/mol. The van der Waals surface area contributed by atoms with Crippen LogP contribution in [-0.4, -0.2) is 135 Å². The van der Waals surface area contributed by atoms with Gasteiger partial charge in [-0.15, -0.1) is 0 Å². The van der Waals surface area contributed by atoms with Crippen molar-refractivity contribution >= 4 is 74.2 Å². The van der Waals surface area contributed by atoms with Gasteiger partial charge in [-0.3, -0.25) is 47.9 Å². The van der Waals surface area contributed by atoms with Crippen molar-refractivity contribution in [2.24, 2.45) is 11.5 Å². The van der Waals surface area contributed by atoms with Crippen molar-refractivity contribution < 1.29 is 58.2 Å². The second-order valence-electron chi connectivity index (χ2n) is 13.2. The molecule has 0 saturated carbocycles. The summed E-state index contributed by atoms with van der Waals surface area (Å²) in [5.74, 6) is -7.23. The molecule has 21 nitrogen and oxygen atoms in total. The summed E-state index contributed by atoms with van der Waals surface area (Å²) >= 11 is 0.917. The number of carbonyl (C=O) groups is 10. The minimum atomic E-state index is -1.52. The fourth-order valence-corrected chi connectivity index (χ4v) is 4.55. The maximum atomic E-state index is 12.9. The molecule has 0 fully saturated rings. The number of hydrogen-bond acceptors (Lipinski definition) is 11. The zero-order valence-electron chi connectivity index (χ0n) is 35.2. The number of primary amides is 1. The average Bonchev–Trinajstić information content (AvgIpc) is 3.24. The first-order valence-electron chi connectivity index (χ1n) is 19.3. The molecule has 342 valence electrons. The van der Waals surface area contributed by atoms with Crippen molar-refractivity contribution in [1.82, 2.24) is 37.2 Å². The Labute approximate surface area is 366 Å². The molecule has 22 heteroatoms. The third-order valence-corrected chi connectivity index (χ3v) is 9.23. The topological polar surface area (TPSA) is 347 Å². The first-order chi connectivity index (χ1) is 29.3. The first-order valence-corrected chi connectivity index (χ1v) is 22.3. The maximum Gasteiger partial charge on any atom is -0.0398 e. The smallest absolute Gasteiger partial charge is 0.0398 e. The summed E-state index contributed by atoms with van der Waals surface area (Å²) in [6.45, 7) is 3.35. The van der Waals surface area contributed by atoms with Gasteiger partial charge in [0.1, 0.15) is 18.1 Å². The molecule has 2 rings (SSSR count). The van der Waals surface area contributed by atoms with E-state index in [4.69, 9.17) is 21.7 Å². The quantitative estimate of drug-likeness (QED) is 0.0503. The van der Waals surface area contributed by atoms with Gasteiger partial charge in [-0.2, -0.15) is 0 Å². The van der Waals surface area contributed by atoms with Crippen LogP contribution in [0, 0.1) is 6.92 Å². The van der Waals surface area contributed by atoms with Crippen LogP contribution in [0.2, 0.25) is 11.1 Å². The van der Waals surface area contributed by atoms with Crippen LogP contribution < -0.4 is 48.7 Å². The van der Waals surface area contributed by atoms with Crippen molar-refractivity contribution in [2.75, 3.05) is 26.2 Å². The van der Waals surface area contributed by atoms with E-state index in [1.807, 2.05) is 18.2 Å². The number of nitrogens with two attached hydrogens (primary N) is 2. The molecular formula is C40H59N9O12Se. The maximum absolute atomic E-state index is 12.9. The van der Waals surface area contributed by atoms with Crippen molar-refractivity contribution in [3.63, 3.8) is 0 Å². The Balaban J connectivity index is 0.00000294. The molecule has 2 aromatic rings. The number of benzene rings is 2. The van der Waals surface area contributed by atoms with Gasteiger partial charge >= 0.3 is 45.0 Å². The van der Waals surface area contributed by atoms with E-state index in [1.54, 1.807) is 37.3 Å². The molecule has 62 heavy (non-hydrogen) atoms. The minimum absolute atomic E-state index is 0.0368. The SMILES string of the molecule is CCC(N)C(=O)NC(CCC(=O)O)C(=O)NCC(=O)NCC(=O)NCC(=O)NC(Cc1ccccc1)C(=O)NCC(=O)N[C@@H](CC(=O)O)C(N)=O.CC[Se]C.Cc1ccccc1. The predicted molar refractivity (Wildman–Crippen MR) is 228 cm³/mol. The van der Waals surface area contributed by atoms with Gasteiger partial charge in [0.15, 0.2) is 0 Å². The zero-order valence-corrected chi connectivity index (χ0v) is 36.9. The van der Waals surface area contributed by atoms with E-state index in [0.717, 1.165) is 15.0 Å². The van der Waals surface area contributed by atoms with E-state index in [9.17, 15) is 47.9 Å². The van der Waals surface area contributed by atoms with E-state index < -0.39 is 122 Å². The van der Waals surface area contributed by atoms with Crippen LogP contribution in [0.15, 0.2) is 60.7 Å². The molecule has 3 unspecified atom stereocenters. The Kier molecular flexibility index (Phi) is 29.1. The molecular weight excluding hydrogens is 877 g/mol. The summed E-state index contributed by atoms with van der Waals surface area (Å²) in [5.41, 5.74) is 12.7. The minimum Gasteiger partial charge on any atom is -0.0622 e. The summed E-state index contributed by atoms with van der Waals surface area (Å²) in [6, 6.07) is 13.7. The second kappa shape index (κ2) is 32.4. The fourth-order valence-electron chi connectivity index (χ4n) is 4.55. The van der Waals surface area contributed by atoms with Gasteiger partial charge in [0, 0.05) is 12.8 Å².